The van der Waals surface area contributed by atoms with Gasteiger partial charge in [0.1, 0.15) is 5.82 Å². The molecule has 0 bridgehead atoms. The number of nitrogens with zero attached hydrogens (tertiary/aromatic N) is 4. The quantitative estimate of drug-likeness (QED) is 0.578. The van der Waals surface area contributed by atoms with E-state index in [0.717, 1.165) is 66.0 Å². The van der Waals surface area contributed by atoms with Gasteiger partial charge in [0, 0.05) is 44.3 Å². The number of aromatic amines is 1. The van der Waals surface area contributed by atoms with Crippen LogP contribution in [0.5, 0.6) is 0 Å². The fourth-order valence-corrected chi connectivity index (χ4v) is 3.90. The smallest absolute Gasteiger partial charge is 0.142 e. The molecule has 1 aliphatic rings. The number of likely N-dealkylation sites (N-methyl/N-ethyl adjacent to an activating group) is 1. The molecule has 6 heteroatoms. The number of anilines is 1. The number of nitrogen functional groups attached to an aromatic ring is 1. The van der Waals surface area contributed by atoms with E-state index in [1.807, 2.05) is 24.3 Å². The van der Waals surface area contributed by atoms with E-state index in [2.05, 4.69) is 45.0 Å². The van der Waals surface area contributed by atoms with Crippen LogP contribution in [0.2, 0.25) is 0 Å². The highest BCUT2D eigenvalue weighted by molar-refractivity contribution is 5.97. The summed E-state index contributed by atoms with van der Waals surface area (Å²) in [4.78, 5) is 17.6. The molecule has 1 saturated heterocycles. The predicted molar refractivity (Wildman–Crippen MR) is 114 cm³/mol. The molecule has 5 rings (SSSR count). The zero-order valence-corrected chi connectivity index (χ0v) is 16.0. The number of hydrogen-bond donors (Lipinski definition) is 2. The molecule has 0 atom stereocenters. The normalized spacial score (nSPS) is 16.2. The number of H-pyrrole nitrogens is 1. The summed E-state index contributed by atoms with van der Waals surface area (Å²) in [6, 6.07) is 14.4. The summed E-state index contributed by atoms with van der Waals surface area (Å²) in [7, 11) is 2.18. The van der Waals surface area contributed by atoms with Crippen molar-refractivity contribution in [2.75, 3.05) is 39.0 Å². The van der Waals surface area contributed by atoms with E-state index in [0.29, 0.717) is 5.69 Å². The van der Waals surface area contributed by atoms with Crippen molar-refractivity contribution in [1.82, 2.24) is 24.8 Å². The Hall–Kier alpha value is -2.96. The summed E-state index contributed by atoms with van der Waals surface area (Å²) in [6.07, 6.45) is 1.81. The summed E-state index contributed by atoms with van der Waals surface area (Å²) in [6.45, 7) is 5.46. The summed E-state index contributed by atoms with van der Waals surface area (Å²) in [5.41, 5.74) is 12.2. The molecule has 142 valence electrons. The lowest BCUT2D eigenvalue weighted by Gasteiger charge is -2.32. The van der Waals surface area contributed by atoms with Crippen molar-refractivity contribution in [3.05, 3.63) is 54.2 Å². The minimum Gasteiger partial charge on any atom is -0.398 e. The molecule has 0 radical (unpaired) electrons. The maximum absolute atomic E-state index is 6.43. The molecule has 2 aromatic heterocycles. The van der Waals surface area contributed by atoms with Gasteiger partial charge in [0.2, 0.25) is 0 Å². The lowest BCUT2D eigenvalue weighted by molar-refractivity contribution is 0.148. The molecule has 0 unspecified atom stereocenters. The lowest BCUT2D eigenvalue weighted by atomic mass is 10.1. The first-order valence-electron chi connectivity index (χ1n) is 9.70. The molecule has 3 N–H and O–H groups in total. The molecule has 1 fully saturated rings. The fraction of sp³-hybridized carbons (Fsp3) is 0.273. The molecular weight excluding hydrogens is 348 g/mol. The minimum absolute atomic E-state index is 0.710. The first-order valence-corrected chi connectivity index (χ1v) is 9.70. The van der Waals surface area contributed by atoms with Gasteiger partial charge in [-0.2, -0.15) is 0 Å². The van der Waals surface area contributed by atoms with Crippen molar-refractivity contribution in [2.24, 2.45) is 0 Å². The van der Waals surface area contributed by atoms with Crippen LogP contribution in [-0.2, 0) is 6.54 Å². The Kier molecular flexibility index (Phi) is 4.22. The van der Waals surface area contributed by atoms with Gasteiger partial charge in [0.05, 0.1) is 27.8 Å². The Bertz CT molecular complexity index is 1140. The highest BCUT2D eigenvalue weighted by Crippen LogP contribution is 2.30. The van der Waals surface area contributed by atoms with Gasteiger partial charge in [-0.1, -0.05) is 24.3 Å². The van der Waals surface area contributed by atoms with Gasteiger partial charge in [-0.25, -0.2) is 4.98 Å². The number of aromatic nitrogens is 3. The summed E-state index contributed by atoms with van der Waals surface area (Å²) < 4.78 is 0. The van der Waals surface area contributed by atoms with Gasteiger partial charge in [0.15, 0.2) is 0 Å². The minimum atomic E-state index is 0.710. The molecule has 0 spiro atoms. The number of hydrogen-bond acceptors (Lipinski definition) is 5. The lowest BCUT2D eigenvalue weighted by Crippen LogP contribution is -2.43. The SMILES string of the molecule is CN1CCN(Cc2ccc3nc(-c4cnc5ccccc5c4N)[nH]c3c2)CC1. The molecule has 1 aliphatic heterocycles. The number of benzene rings is 2. The van der Waals surface area contributed by atoms with Crippen LogP contribution in [0.3, 0.4) is 0 Å². The third-order valence-electron chi connectivity index (χ3n) is 5.62. The number of nitrogens with one attached hydrogen (secondary N) is 1. The second-order valence-corrected chi connectivity index (χ2v) is 7.62. The standard InChI is InChI=1S/C22H24N6/c1-27-8-10-28(11-9-27)14-15-6-7-19-20(12-15)26-22(25-19)17-13-24-18-5-3-2-4-16(18)21(17)23/h2-7,12-13H,8-11,14H2,1H3,(H2,23,24)(H,25,26). The van der Waals surface area contributed by atoms with Crippen LogP contribution >= 0.6 is 0 Å². The second kappa shape index (κ2) is 6.89. The zero-order valence-electron chi connectivity index (χ0n) is 16.0. The van der Waals surface area contributed by atoms with Crippen molar-refractivity contribution >= 4 is 27.6 Å². The number of rotatable bonds is 3. The highest BCUT2D eigenvalue weighted by atomic mass is 15.2. The molecule has 2 aromatic carbocycles. The second-order valence-electron chi connectivity index (χ2n) is 7.62. The van der Waals surface area contributed by atoms with Crippen LogP contribution < -0.4 is 5.73 Å². The molecular formula is C22H24N6. The van der Waals surface area contributed by atoms with Crippen LogP contribution in [0.15, 0.2) is 48.7 Å². The Morgan fingerprint density at radius 1 is 1.04 bits per heavy atom. The van der Waals surface area contributed by atoms with E-state index in [1.165, 1.54) is 5.56 Å². The third-order valence-corrected chi connectivity index (χ3v) is 5.62. The molecule has 0 saturated carbocycles. The van der Waals surface area contributed by atoms with E-state index >= 15 is 0 Å². The number of pyridine rings is 1. The molecule has 0 aliphatic carbocycles. The predicted octanol–water partition coefficient (Wildman–Crippen LogP) is 3.11. The summed E-state index contributed by atoms with van der Waals surface area (Å²) in [5.74, 6) is 0.766. The number of fused-ring (bicyclic) bond motifs is 2. The van der Waals surface area contributed by atoms with Crippen molar-refractivity contribution in [2.45, 2.75) is 6.54 Å². The van der Waals surface area contributed by atoms with Gasteiger partial charge >= 0.3 is 0 Å². The molecule has 4 aromatic rings. The molecule has 3 heterocycles. The molecule has 6 nitrogen and oxygen atoms in total. The van der Waals surface area contributed by atoms with Crippen LogP contribution in [0.1, 0.15) is 5.56 Å². The van der Waals surface area contributed by atoms with Crippen molar-refractivity contribution in [3.63, 3.8) is 0 Å². The van der Waals surface area contributed by atoms with Gasteiger partial charge in [0.25, 0.3) is 0 Å². The van der Waals surface area contributed by atoms with Crippen molar-refractivity contribution in [1.29, 1.82) is 0 Å². The van der Waals surface area contributed by atoms with Crippen LogP contribution in [0, 0.1) is 0 Å². The Labute approximate surface area is 164 Å². The highest BCUT2D eigenvalue weighted by Gasteiger charge is 2.15. The fourth-order valence-electron chi connectivity index (χ4n) is 3.90. The van der Waals surface area contributed by atoms with E-state index in [1.54, 1.807) is 6.20 Å². The van der Waals surface area contributed by atoms with Gasteiger partial charge in [-0.15, -0.1) is 0 Å². The molecule has 0 amide bonds. The average Bonchev–Trinajstić information content (AvgIpc) is 3.13. The van der Waals surface area contributed by atoms with Crippen molar-refractivity contribution < 1.29 is 0 Å². The van der Waals surface area contributed by atoms with Crippen molar-refractivity contribution in [3.8, 4) is 11.4 Å². The summed E-state index contributed by atoms with van der Waals surface area (Å²) >= 11 is 0. The zero-order chi connectivity index (χ0) is 19.1. The van der Waals surface area contributed by atoms with Crippen LogP contribution in [-0.4, -0.2) is 58.0 Å². The maximum atomic E-state index is 6.43. The monoisotopic (exact) mass is 372 g/mol. The summed E-state index contributed by atoms with van der Waals surface area (Å²) in [5, 5.41) is 0.955. The van der Waals surface area contributed by atoms with E-state index in [-0.39, 0.29) is 0 Å². The largest absolute Gasteiger partial charge is 0.398 e. The maximum Gasteiger partial charge on any atom is 0.142 e. The van der Waals surface area contributed by atoms with E-state index < -0.39 is 0 Å². The molecule has 28 heavy (non-hydrogen) atoms. The van der Waals surface area contributed by atoms with Crippen LogP contribution in [0.25, 0.3) is 33.3 Å². The Morgan fingerprint density at radius 3 is 2.71 bits per heavy atom. The van der Waals surface area contributed by atoms with Gasteiger partial charge < -0.3 is 15.6 Å². The Balaban J connectivity index is 1.46. The third kappa shape index (κ3) is 3.10. The number of nitrogens with two attached hydrogens (primary N) is 1. The number of piperazine rings is 1. The topological polar surface area (TPSA) is 74.1 Å². The van der Waals surface area contributed by atoms with Crippen LogP contribution in [0.4, 0.5) is 5.69 Å². The van der Waals surface area contributed by atoms with E-state index in [9.17, 15) is 0 Å². The van der Waals surface area contributed by atoms with Gasteiger partial charge in [-0.05, 0) is 30.8 Å². The number of imidazole rings is 1. The van der Waals surface area contributed by atoms with E-state index in [4.69, 9.17) is 10.7 Å². The first-order chi connectivity index (χ1) is 13.7. The first kappa shape index (κ1) is 17.2. The Morgan fingerprint density at radius 2 is 1.86 bits per heavy atom. The average molecular weight is 372 g/mol. The van der Waals surface area contributed by atoms with Gasteiger partial charge in [-0.3, -0.25) is 9.88 Å². The number of para-hydroxylation sites is 1.